The minimum Gasteiger partial charge on any atom is -0.758 e. The first-order chi connectivity index (χ1) is 8.91. The first-order valence-corrected chi connectivity index (χ1v) is 5.49. The lowest BCUT2D eigenvalue weighted by Gasteiger charge is -2.28. The fourth-order valence-corrected chi connectivity index (χ4v) is 1.82. The number of ether oxygens (including phenoxy) is 1. The second kappa shape index (κ2) is 4.97. The molecule has 1 aromatic rings. The molecule has 0 amide bonds. The summed E-state index contributed by atoms with van der Waals surface area (Å²) in [4.78, 5) is 0. The van der Waals surface area contributed by atoms with Crippen LogP contribution in [0.25, 0.3) is 5.57 Å². The number of nitrogens with zero attached hydrogens (tertiary/aromatic N) is 1. The van der Waals surface area contributed by atoms with Gasteiger partial charge in [-0.2, -0.15) is 13.2 Å². The fourth-order valence-electron chi connectivity index (χ4n) is 1.82. The molecule has 6 heteroatoms. The quantitative estimate of drug-likeness (QED) is 0.826. The molecule has 1 aliphatic rings. The van der Waals surface area contributed by atoms with Gasteiger partial charge >= 0.3 is 6.18 Å². The zero-order valence-electron chi connectivity index (χ0n) is 10.1. The van der Waals surface area contributed by atoms with Gasteiger partial charge in [0.15, 0.2) is 0 Å². The van der Waals surface area contributed by atoms with E-state index < -0.39 is 11.7 Å². The fraction of sp³-hybridized carbons (Fsp3) is 0.231. The van der Waals surface area contributed by atoms with Gasteiger partial charge in [0, 0.05) is 6.54 Å². The summed E-state index contributed by atoms with van der Waals surface area (Å²) in [5.41, 5.74) is -0.377. The lowest BCUT2D eigenvalue weighted by atomic mass is 9.97. The Bertz CT molecular complexity index is 535. The van der Waals surface area contributed by atoms with Crippen molar-refractivity contribution < 1.29 is 17.9 Å². The van der Waals surface area contributed by atoms with Crippen molar-refractivity contribution in [1.82, 2.24) is 5.06 Å². The average Bonchev–Trinajstić information content (AvgIpc) is 2.38. The van der Waals surface area contributed by atoms with Crippen molar-refractivity contribution in [2.24, 2.45) is 0 Å². The van der Waals surface area contributed by atoms with Gasteiger partial charge in [0.05, 0.1) is 12.7 Å². The van der Waals surface area contributed by atoms with E-state index in [4.69, 9.17) is 4.74 Å². The zero-order valence-corrected chi connectivity index (χ0v) is 10.1. The van der Waals surface area contributed by atoms with E-state index in [1.165, 1.54) is 37.6 Å². The van der Waals surface area contributed by atoms with Crippen molar-refractivity contribution in [2.45, 2.75) is 6.18 Å². The summed E-state index contributed by atoms with van der Waals surface area (Å²) in [7, 11) is 1.39. The predicted molar refractivity (Wildman–Crippen MR) is 65.2 cm³/mol. The summed E-state index contributed by atoms with van der Waals surface area (Å²) in [6, 6.07) is 3.56. The van der Waals surface area contributed by atoms with Gasteiger partial charge in [-0.15, -0.1) is 0 Å². The predicted octanol–water partition coefficient (Wildman–Crippen LogP) is 3.42. The van der Waals surface area contributed by atoms with Gasteiger partial charge < -0.3 is 15.0 Å². The molecular weight excluding hydrogens is 259 g/mol. The van der Waals surface area contributed by atoms with Crippen LogP contribution in [0.1, 0.15) is 11.1 Å². The van der Waals surface area contributed by atoms with E-state index in [1.54, 1.807) is 0 Å². The first kappa shape index (κ1) is 13.5. The van der Waals surface area contributed by atoms with Gasteiger partial charge in [-0.1, -0.05) is 6.08 Å². The molecule has 0 spiro atoms. The monoisotopic (exact) mass is 270 g/mol. The van der Waals surface area contributed by atoms with Crippen LogP contribution in [0.5, 0.6) is 5.75 Å². The molecule has 0 aromatic heterocycles. The third kappa shape index (κ3) is 2.90. The molecule has 0 N–H and O–H groups in total. The molecule has 0 fully saturated rings. The number of hydrogen-bond donors (Lipinski definition) is 0. The topological polar surface area (TPSA) is 35.5 Å². The smallest absolute Gasteiger partial charge is 0.417 e. The molecule has 0 saturated heterocycles. The number of hydroxylamine groups is 2. The molecule has 0 aliphatic carbocycles. The summed E-state index contributed by atoms with van der Waals surface area (Å²) in [6.07, 6.45) is -0.433. The lowest BCUT2D eigenvalue weighted by molar-refractivity contribution is -0.137. The summed E-state index contributed by atoms with van der Waals surface area (Å²) in [5.74, 6) is 0.335. The number of benzene rings is 1. The number of allylic oxidation sites excluding steroid dienone is 2. The van der Waals surface area contributed by atoms with E-state index in [0.29, 0.717) is 16.4 Å². The zero-order chi connectivity index (χ0) is 14.0. The van der Waals surface area contributed by atoms with Crippen LogP contribution >= 0.6 is 0 Å². The first-order valence-electron chi connectivity index (χ1n) is 5.49. The molecule has 19 heavy (non-hydrogen) atoms. The van der Waals surface area contributed by atoms with Gasteiger partial charge in [0.2, 0.25) is 0 Å². The SMILES string of the molecule is COc1ccc(C(F)(F)F)c(C2=CCN([O-])C=C2)c1. The van der Waals surface area contributed by atoms with Crippen molar-refractivity contribution >= 4 is 5.57 Å². The normalized spacial score (nSPS) is 15.4. The molecule has 102 valence electrons. The number of alkyl halides is 3. The van der Waals surface area contributed by atoms with E-state index in [9.17, 15) is 18.4 Å². The Morgan fingerprint density at radius 3 is 2.58 bits per heavy atom. The molecule has 0 unspecified atom stereocenters. The van der Waals surface area contributed by atoms with Crippen molar-refractivity contribution in [1.29, 1.82) is 0 Å². The van der Waals surface area contributed by atoms with Gasteiger partial charge in [0.25, 0.3) is 0 Å². The minimum atomic E-state index is -4.45. The van der Waals surface area contributed by atoms with Crippen molar-refractivity contribution in [3.8, 4) is 5.75 Å². The van der Waals surface area contributed by atoms with Crippen LogP contribution in [0, 0.1) is 5.21 Å². The highest BCUT2D eigenvalue weighted by Gasteiger charge is 2.34. The van der Waals surface area contributed by atoms with E-state index in [0.717, 1.165) is 6.07 Å². The maximum atomic E-state index is 13.0. The molecule has 0 atom stereocenters. The molecule has 1 heterocycles. The van der Waals surface area contributed by atoms with Crippen molar-refractivity contribution in [3.05, 3.63) is 52.9 Å². The minimum absolute atomic E-state index is 0.0104. The Morgan fingerprint density at radius 2 is 2.05 bits per heavy atom. The third-order valence-corrected chi connectivity index (χ3v) is 2.75. The van der Waals surface area contributed by atoms with Crippen LogP contribution in [0.3, 0.4) is 0 Å². The van der Waals surface area contributed by atoms with Crippen LogP contribution < -0.4 is 4.74 Å². The summed E-state index contributed by atoms with van der Waals surface area (Å²) in [6.45, 7) is 0.0281. The standard InChI is InChI=1S/C13H11F3NO2/c1-19-10-2-3-12(13(14,15)16)11(8-10)9-4-6-17(18)7-5-9/h2-6,8H,7H2,1H3/q-1. The Balaban J connectivity index is 2.51. The van der Waals surface area contributed by atoms with Crippen LogP contribution in [0.15, 0.2) is 36.6 Å². The molecular formula is C13H11F3NO2-. The van der Waals surface area contributed by atoms with Crippen LogP contribution in [-0.2, 0) is 6.18 Å². The Morgan fingerprint density at radius 1 is 1.32 bits per heavy atom. The maximum Gasteiger partial charge on any atom is 0.417 e. The van der Waals surface area contributed by atoms with E-state index in [1.807, 2.05) is 0 Å². The Hall–Kier alpha value is -1.95. The maximum absolute atomic E-state index is 13.0. The van der Waals surface area contributed by atoms with E-state index in [-0.39, 0.29) is 12.1 Å². The Kier molecular flexibility index (Phi) is 3.53. The molecule has 2 rings (SSSR count). The molecule has 0 saturated carbocycles. The van der Waals surface area contributed by atoms with Gasteiger partial charge in [-0.3, -0.25) is 0 Å². The summed E-state index contributed by atoms with van der Waals surface area (Å²) >= 11 is 0. The number of methoxy groups -OCH3 is 1. The largest absolute Gasteiger partial charge is 0.758 e. The summed E-state index contributed by atoms with van der Waals surface area (Å²) < 4.78 is 43.8. The number of rotatable bonds is 2. The summed E-state index contributed by atoms with van der Waals surface area (Å²) in [5, 5.41) is 11.6. The Labute approximate surface area is 108 Å². The van der Waals surface area contributed by atoms with E-state index >= 15 is 0 Å². The number of halogens is 3. The van der Waals surface area contributed by atoms with Gasteiger partial charge in [-0.05, 0) is 41.6 Å². The van der Waals surface area contributed by atoms with Gasteiger partial charge in [0.1, 0.15) is 5.75 Å². The van der Waals surface area contributed by atoms with Crippen LogP contribution in [0.2, 0.25) is 0 Å². The second-order valence-electron chi connectivity index (χ2n) is 3.98. The lowest BCUT2D eigenvalue weighted by Crippen LogP contribution is -2.13. The molecule has 1 aromatic carbocycles. The number of hydrogen-bond acceptors (Lipinski definition) is 3. The molecule has 0 radical (unpaired) electrons. The van der Waals surface area contributed by atoms with E-state index in [2.05, 4.69) is 0 Å². The van der Waals surface area contributed by atoms with Crippen molar-refractivity contribution in [3.63, 3.8) is 0 Å². The van der Waals surface area contributed by atoms with Gasteiger partial charge in [-0.25, -0.2) is 0 Å². The van der Waals surface area contributed by atoms with Crippen LogP contribution in [0.4, 0.5) is 13.2 Å². The highest BCUT2D eigenvalue weighted by molar-refractivity contribution is 5.78. The molecule has 1 aliphatic heterocycles. The molecule has 3 nitrogen and oxygen atoms in total. The second-order valence-corrected chi connectivity index (χ2v) is 3.98. The van der Waals surface area contributed by atoms with Crippen molar-refractivity contribution in [2.75, 3.05) is 13.7 Å². The molecule has 0 bridgehead atoms. The third-order valence-electron chi connectivity index (χ3n) is 2.75. The highest BCUT2D eigenvalue weighted by Crippen LogP contribution is 2.37. The average molecular weight is 270 g/mol. The highest BCUT2D eigenvalue weighted by atomic mass is 19.4. The van der Waals surface area contributed by atoms with Crippen LogP contribution in [-0.4, -0.2) is 18.7 Å².